The fourth-order valence-electron chi connectivity index (χ4n) is 3.98. The standard InChI is InChI=1S/C28H30BrN3O7S/c29-23-13-9-21(10-14-23)22-11-17-25(18-12-22)40(38,39)31-26(28(34)35)5-1-2-19-30-27(33)6-3-4-20-7-15-24(16-8-20)32(36)37/h7-18,26,31H,1-6,19H2,(H,30,33)(H,34,35). The van der Waals surface area contributed by atoms with Crippen molar-refractivity contribution >= 4 is 43.5 Å². The van der Waals surface area contributed by atoms with Gasteiger partial charge in [-0.15, -0.1) is 0 Å². The van der Waals surface area contributed by atoms with Crippen molar-refractivity contribution in [2.24, 2.45) is 0 Å². The number of hydrogen-bond donors (Lipinski definition) is 3. The molecule has 0 heterocycles. The maximum atomic E-state index is 12.8. The van der Waals surface area contributed by atoms with Crippen molar-refractivity contribution in [2.45, 2.75) is 49.5 Å². The Hall–Kier alpha value is -3.61. The fourth-order valence-corrected chi connectivity index (χ4v) is 5.47. The molecule has 0 aliphatic heterocycles. The molecule has 3 rings (SSSR count). The Balaban J connectivity index is 1.39. The first kappa shape index (κ1) is 30.9. The fraction of sp³-hybridized carbons (Fsp3) is 0.286. The average Bonchev–Trinajstić information content (AvgIpc) is 2.93. The summed E-state index contributed by atoms with van der Waals surface area (Å²) in [6.45, 7) is 0.340. The molecule has 0 aromatic heterocycles. The lowest BCUT2D eigenvalue weighted by Gasteiger charge is -2.15. The van der Waals surface area contributed by atoms with E-state index < -0.39 is 27.0 Å². The van der Waals surface area contributed by atoms with Crippen LogP contribution in [0.4, 0.5) is 5.69 Å². The number of carboxylic acid groups (broad SMARTS) is 1. The zero-order valence-corrected chi connectivity index (χ0v) is 24.0. The lowest BCUT2D eigenvalue weighted by molar-refractivity contribution is -0.384. The van der Waals surface area contributed by atoms with Crippen LogP contribution in [0.15, 0.2) is 82.2 Å². The second-order valence-corrected chi connectivity index (χ2v) is 11.8. The third-order valence-electron chi connectivity index (χ3n) is 6.20. The minimum atomic E-state index is -4.05. The van der Waals surface area contributed by atoms with Crippen LogP contribution in [-0.4, -0.2) is 42.9 Å². The van der Waals surface area contributed by atoms with Crippen molar-refractivity contribution in [1.82, 2.24) is 10.0 Å². The first-order valence-corrected chi connectivity index (χ1v) is 14.9. The first-order valence-electron chi connectivity index (χ1n) is 12.7. The van der Waals surface area contributed by atoms with Gasteiger partial charge in [0, 0.05) is 29.6 Å². The molecule has 0 spiro atoms. The summed E-state index contributed by atoms with van der Waals surface area (Å²) in [6.07, 6.45) is 2.43. The molecule has 3 aromatic carbocycles. The van der Waals surface area contributed by atoms with E-state index in [1.807, 2.05) is 24.3 Å². The van der Waals surface area contributed by atoms with Crippen molar-refractivity contribution < 1.29 is 28.0 Å². The number of aryl methyl sites for hydroxylation is 1. The summed E-state index contributed by atoms with van der Waals surface area (Å²) < 4.78 is 28.8. The number of carboxylic acids is 1. The van der Waals surface area contributed by atoms with E-state index in [1.165, 1.54) is 24.3 Å². The number of benzene rings is 3. The normalized spacial score (nSPS) is 12.0. The van der Waals surface area contributed by atoms with E-state index >= 15 is 0 Å². The number of non-ortho nitro benzene ring substituents is 1. The summed E-state index contributed by atoms with van der Waals surface area (Å²) in [5, 5.41) is 23.0. The molecule has 3 N–H and O–H groups in total. The van der Waals surface area contributed by atoms with Crippen molar-refractivity contribution in [3.63, 3.8) is 0 Å². The van der Waals surface area contributed by atoms with E-state index in [-0.39, 0.29) is 29.3 Å². The van der Waals surface area contributed by atoms with Gasteiger partial charge in [0.25, 0.3) is 5.69 Å². The van der Waals surface area contributed by atoms with Crippen molar-refractivity contribution in [2.75, 3.05) is 6.54 Å². The molecule has 40 heavy (non-hydrogen) atoms. The highest BCUT2D eigenvalue weighted by Gasteiger charge is 2.25. The summed E-state index contributed by atoms with van der Waals surface area (Å²) in [5.41, 5.74) is 2.67. The molecule has 0 fully saturated rings. The maximum absolute atomic E-state index is 12.8. The van der Waals surface area contributed by atoms with Crippen LogP contribution in [0.2, 0.25) is 0 Å². The molecule has 10 nitrogen and oxygen atoms in total. The lowest BCUT2D eigenvalue weighted by atomic mass is 10.1. The van der Waals surface area contributed by atoms with Gasteiger partial charge in [-0.05, 0) is 73.1 Å². The maximum Gasteiger partial charge on any atom is 0.321 e. The lowest BCUT2D eigenvalue weighted by Crippen LogP contribution is -2.40. The van der Waals surface area contributed by atoms with Crippen LogP contribution < -0.4 is 10.0 Å². The van der Waals surface area contributed by atoms with Gasteiger partial charge < -0.3 is 10.4 Å². The molecule has 1 atom stereocenters. The van der Waals surface area contributed by atoms with E-state index in [9.17, 15) is 33.2 Å². The third-order valence-corrected chi connectivity index (χ3v) is 8.21. The minimum Gasteiger partial charge on any atom is -0.480 e. The van der Waals surface area contributed by atoms with Crippen LogP contribution in [0.5, 0.6) is 0 Å². The summed E-state index contributed by atoms with van der Waals surface area (Å²) in [5.74, 6) is -1.42. The Morgan fingerprint density at radius 2 is 1.50 bits per heavy atom. The molecule has 0 saturated carbocycles. The minimum absolute atomic E-state index is 0.0191. The van der Waals surface area contributed by atoms with Gasteiger partial charge in [0.05, 0.1) is 9.82 Å². The molecule has 12 heteroatoms. The Morgan fingerprint density at radius 1 is 0.900 bits per heavy atom. The van der Waals surface area contributed by atoms with Crippen molar-refractivity contribution in [3.8, 4) is 11.1 Å². The van der Waals surface area contributed by atoms with Gasteiger partial charge in [-0.3, -0.25) is 19.7 Å². The number of aliphatic carboxylic acids is 1. The predicted octanol–water partition coefficient (Wildman–Crippen LogP) is 5.07. The molecule has 0 saturated heterocycles. The van der Waals surface area contributed by atoms with E-state index in [0.29, 0.717) is 32.2 Å². The molecule has 1 amide bonds. The molecule has 0 aliphatic carbocycles. The van der Waals surface area contributed by atoms with Crippen LogP contribution in [0, 0.1) is 10.1 Å². The van der Waals surface area contributed by atoms with E-state index in [1.54, 1.807) is 24.3 Å². The van der Waals surface area contributed by atoms with Crippen LogP contribution in [-0.2, 0) is 26.0 Å². The Kier molecular flexibility index (Phi) is 11.4. The SMILES string of the molecule is O=C(CCCc1ccc([N+](=O)[O-])cc1)NCCCCC(NS(=O)(=O)c1ccc(-c2ccc(Br)cc2)cc1)C(=O)O. The summed E-state index contributed by atoms with van der Waals surface area (Å²) >= 11 is 3.38. The number of hydrogen-bond acceptors (Lipinski definition) is 6. The van der Waals surface area contributed by atoms with Gasteiger partial charge in [0.1, 0.15) is 6.04 Å². The van der Waals surface area contributed by atoms with Crippen molar-refractivity contribution in [3.05, 3.63) is 92.9 Å². The summed E-state index contributed by atoms with van der Waals surface area (Å²) in [7, 11) is -4.05. The number of unbranched alkanes of at least 4 members (excludes halogenated alkanes) is 1. The van der Waals surface area contributed by atoms with E-state index in [0.717, 1.165) is 21.2 Å². The number of nitrogens with one attached hydrogen (secondary N) is 2. The first-order chi connectivity index (χ1) is 19.0. The topological polar surface area (TPSA) is 156 Å². The number of nitro groups is 1. The monoisotopic (exact) mass is 631 g/mol. The van der Waals surface area contributed by atoms with E-state index in [2.05, 4.69) is 26.0 Å². The van der Waals surface area contributed by atoms with Crippen LogP contribution in [0.1, 0.15) is 37.7 Å². The molecular weight excluding hydrogens is 602 g/mol. The number of sulfonamides is 1. The summed E-state index contributed by atoms with van der Waals surface area (Å²) in [6, 6.07) is 18.7. The third kappa shape index (κ3) is 9.54. The second-order valence-electron chi connectivity index (χ2n) is 9.17. The van der Waals surface area contributed by atoms with Gasteiger partial charge >= 0.3 is 5.97 Å². The van der Waals surface area contributed by atoms with E-state index in [4.69, 9.17) is 0 Å². The van der Waals surface area contributed by atoms with Gasteiger partial charge in [-0.25, -0.2) is 8.42 Å². The highest BCUT2D eigenvalue weighted by Crippen LogP contribution is 2.23. The molecular formula is C28H30BrN3O7S. The Labute approximate surface area is 241 Å². The number of nitrogens with zero attached hydrogens (tertiary/aromatic N) is 1. The quantitative estimate of drug-likeness (QED) is 0.120. The Morgan fingerprint density at radius 3 is 2.08 bits per heavy atom. The zero-order valence-electron chi connectivity index (χ0n) is 21.6. The zero-order chi connectivity index (χ0) is 29.1. The van der Waals surface area contributed by atoms with Crippen molar-refractivity contribution in [1.29, 1.82) is 0 Å². The Bertz CT molecular complexity index is 1410. The summed E-state index contributed by atoms with van der Waals surface area (Å²) in [4.78, 5) is 34.0. The molecule has 0 radical (unpaired) electrons. The molecule has 212 valence electrons. The highest BCUT2D eigenvalue weighted by atomic mass is 79.9. The van der Waals surface area contributed by atoms with Gasteiger partial charge in [-0.1, -0.05) is 52.3 Å². The number of halogens is 1. The van der Waals surface area contributed by atoms with Gasteiger partial charge in [0.15, 0.2) is 0 Å². The van der Waals surface area contributed by atoms with Gasteiger partial charge in [0.2, 0.25) is 15.9 Å². The van der Waals surface area contributed by atoms with Crippen LogP contribution in [0.3, 0.4) is 0 Å². The predicted molar refractivity (Wildman–Crippen MR) is 154 cm³/mol. The van der Waals surface area contributed by atoms with Gasteiger partial charge in [-0.2, -0.15) is 4.72 Å². The smallest absolute Gasteiger partial charge is 0.321 e. The number of carbonyl (C=O) groups excluding carboxylic acids is 1. The molecule has 0 bridgehead atoms. The number of carbonyl (C=O) groups is 2. The second kappa shape index (κ2) is 14.7. The van der Waals surface area contributed by atoms with Crippen LogP contribution >= 0.6 is 15.9 Å². The number of nitro benzene ring substituents is 1. The highest BCUT2D eigenvalue weighted by molar-refractivity contribution is 9.10. The average molecular weight is 633 g/mol. The molecule has 1 unspecified atom stereocenters. The molecule has 0 aliphatic rings. The van der Waals surface area contributed by atoms with Crippen LogP contribution in [0.25, 0.3) is 11.1 Å². The number of rotatable bonds is 15. The number of amides is 1. The largest absolute Gasteiger partial charge is 0.480 e. The molecule has 3 aromatic rings.